The third-order valence-corrected chi connectivity index (χ3v) is 3.62. The van der Waals surface area contributed by atoms with E-state index in [1.54, 1.807) is 0 Å². The molecule has 0 aliphatic carbocycles. The van der Waals surface area contributed by atoms with E-state index >= 15 is 0 Å². The van der Waals surface area contributed by atoms with Crippen LogP contribution in [-0.2, 0) is 0 Å². The molecule has 0 bridgehead atoms. The van der Waals surface area contributed by atoms with Gasteiger partial charge < -0.3 is 10.2 Å². The smallest absolute Gasteiger partial charge is 0.132 e. The summed E-state index contributed by atoms with van der Waals surface area (Å²) < 4.78 is 0. The summed E-state index contributed by atoms with van der Waals surface area (Å²) >= 11 is 0. The first-order valence-corrected chi connectivity index (χ1v) is 6.32. The largest absolute Gasteiger partial charge is 0.353 e. The molecule has 2 saturated heterocycles. The lowest BCUT2D eigenvalue weighted by Crippen LogP contribution is -2.63. The molecule has 2 aliphatic heterocycles. The molecule has 1 N–H and O–H groups in total. The van der Waals surface area contributed by atoms with Gasteiger partial charge in [-0.15, -0.1) is 0 Å². The van der Waals surface area contributed by atoms with Crippen molar-refractivity contribution in [3.05, 3.63) is 18.1 Å². The highest BCUT2D eigenvalue weighted by Gasteiger charge is 2.32. The molecule has 17 heavy (non-hydrogen) atoms. The molecule has 0 aromatic carbocycles. The number of hydrogen-bond donors (Lipinski definition) is 1. The standard InChI is InChI=1S/C12H19N5/c1-10-14-3-2-12(15-10)17-8-11(9-17)16-6-4-13-5-7-16/h2-3,11,13H,4-9H2,1H3. The van der Waals surface area contributed by atoms with Gasteiger partial charge in [0.1, 0.15) is 11.6 Å². The van der Waals surface area contributed by atoms with Gasteiger partial charge in [-0.3, -0.25) is 4.90 Å². The van der Waals surface area contributed by atoms with E-state index in [1.165, 1.54) is 13.1 Å². The van der Waals surface area contributed by atoms with Crippen molar-refractivity contribution in [3.63, 3.8) is 0 Å². The van der Waals surface area contributed by atoms with Crippen molar-refractivity contribution >= 4 is 5.82 Å². The van der Waals surface area contributed by atoms with E-state index in [4.69, 9.17) is 0 Å². The van der Waals surface area contributed by atoms with E-state index < -0.39 is 0 Å². The van der Waals surface area contributed by atoms with Crippen molar-refractivity contribution in [2.24, 2.45) is 0 Å². The number of aryl methyl sites for hydroxylation is 1. The summed E-state index contributed by atoms with van der Waals surface area (Å²) in [6, 6.07) is 2.72. The van der Waals surface area contributed by atoms with Crippen molar-refractivity contribution in [1.29, 1.82) is 0 Å². The maximum absolute atomic E-state index is 4.46. The van der Waals surface area contributed by atoms with Crippen molar-refractivity contribution in [2.75, 3.05) is 44.2 Å². The highest BCUT2D eigenvalue weighted by atomic mass is 15.3. The van der Waals surface area contributed by atoms with Gasteiger partial charge >= 0.3 is 0 Å². The summed E-state index contributed by atoms with van der Waals surface area (Å²) in [5.41, 5.74) is 0. The fourth-order valence-electron chi connectivity index (χ4n) is 2.54. The molecule has 0 saturated carbocycles. The van der Waals surface area contributed by atoms with Crippen LogP contribution in [0.1, 0.15) is 5.82 Å². The van der Waals surface area contributed by atoms with Gasteiger partial charge in [0.2, 0.25) is 0 Å². The number of hydrogen-bond acceptors (Lipinski definition) is 5. The lowest BCUT2D eigenvalue weighted by atomic mass is 10.1. The third-order valence-electron chi connectivity index (χ3n) is 3.62. The number of rotatable bonds is 2. The summed E-state index contributed by atoms with van der Waals surface area (Å²) in [6.45, 7) is 8.78. The molecule has 0 amide bonds. The van der Waals surface area contributed by atoms with Crippen LogP contribution >= 0.6 is 0 Å². The van der Waals surface area contributed by atoms with E-state index in [0.717, 1.165) is 37.8 Å². The second-order valence-electron chi connectivity index (χ2n) is 4.81. The van der Waals surface area contributed by atoms with Gasteiger partial charge in [0.15, 0.2) is 0 Å². The number of anilines is 1. The molecule has 0 spiro atoms. The zero-order chi connectivity index (χ0) is 11.7. The maximum Gasteiger partial charge on any atom is 0.132 e. The van der Waals surface area contributed by atoms with Gasteiger partial charge in [-0.1, -0.05) is 0 Å². The monoisotopic (exact) mass is 233 g/mol. The second kappa shape index (κ2) is 4.58. The van der Waals surface area contributed by atoms with E-state index in [2.05, 4.69) is 25.1 Å². The average Bonchev–Trinajstić information content (AvgIpc) is 2.28. The van der Waals surface area contributed by atoms with Gasteiger partial charge in [-0.05, 0) is 13.0 Å². The van der Waals surface area contributed by atoms with Crippen LogP contribution < -0.4 is 10.2 Å². The van der Waals surface area contributed by atoms with Crippen LogP contribution in [0.5, 0.6) is 0 Å². The van der Waals surface area contributed by atoms with Crippen LogP contribution in [0, 0.1) is 6.92 Å². The maximum atomic E-state index is 4.46. The quantitative estimate of drug-likeness (QED) is 0.771. The Kier molecular flexibility index (Phi) is 2.94. The van der Waals surface area contributed by atoms with Crippen LogP contribution in [0.3, 0.4) is 0 Å². The predicted octanol–water partition coefficient (Wildman–Crippen LogP) is -0.121. The van der Waals surface area contributed by atoms with Gasteiger partial charge in [0, 0.05) is 51.5 Å². The molecule has 1 aromatic rings. The fourth-order valence-corrected chi connectivity index (χ4v) is 2.54. The summed E-state index contributed by atoms with van der Waals surface area (Å²) in [5, 5.41) is 3.39. The minimum absolute atomic E-state index is 0.715. The summed E-state index contributed by atoms with van der Waals surface area (Å²) in [4.78, 5) is 13.5. The lowest BCUT2D eigenvalue weighted by Gasteiger charge is -2.47. The Balaban J connectivity index is 1.57. The van der Waals surface area contributed by atoms with Gasteiger partial charge in [-0.25, -0.2) is 9.97 Å². The van der Waals surface area contributed by atoms with Crippen molar-refractivity contribution < 1.29 is 0 Å². The molecule has 2 aliphatic rings. The average molecular weight is 233 g/mol. The van der Waals surface area contributed by atoms with Crippen LogP contribution in [0.4, 0.5) is 5.82 Å². The molecule has 5 nitrogen and oxygen atoms in total. The fraction of sp³-hybridized carbons (Fsp3) is 0.667. The normalized spacial score (nSPS) is 22.5. The first-order chi connectivity index (χ1) is 8.33. The molecule has 3 rings (SSSR count). The highest BCUT2D eigenvalue weighted by molar-refractivity contribution is 5.41. The molecular formula is C12H19N5. The molecule has 0 unspecified atom stereocenters. The molecule has 2 fully saturated rings. The molecule has 3 heterocycles. The topological polar surface area (TPSA) is 44.3 Å². The van der Waals surface area contributed by atoms with E-state index in [9.17, 15) is 0 Å². The van der Waals surface area contributed by atoms with Gasteiger partial charge in [0.05, 0.1) is 0 Å². The Morgan fingerprint density at radius 2 is 2.06 bits per heavy atom. The first kappa shape index (κ1) is 10.9. The van der Waals surface area contributed by atoms with Gasteiger partial charge in [0.25, 0.3) is 0 Å². The van der Waals surface area contributed by atoms with E-state index in [0.29, 0.717) is 6.04 Å². The molecule has 92 valence electrons. The molecule has 1 aromatic heterocycles. The minimum Gasteiger partial charge on any atom is -0.353 e. The molecular weight excluding hydrogens is 214 g/mol. The molecule has 0 radical (unpaired) electrons. The summed E-state index contributed by atoms with van der Waals surface area (Å²) in [6.07, 6.45) is 1.84. The van der Waals surface area contributed by atoms with Crippen LogP contribution in [0.2, 0.25) is 0 Å². The van der Waals surface area contributed by atoms with E-state index in [-0.39, 0.29) is 0 Å². The zero-order valence-corrected chi connectivity index (χ0v) is 10.3. The number of nitrogens with one attached hydrogen (secondary N) is 1. The van der Waals surface area contributed by atoms with Crippen molar-refractivity contribution in [2.45, 2.75) is 13.0 Å². The molecule has 5 heteroatoms. The minimum atomic E-state index is 0.715. The van der Waals surface area contributed by atoms with Crippen LogP contribution in [0.15, 0.2) is 12.3 Å². The highest BCUT2D eigenvalue weighted by Crippen LogP contribution is 2.21. The Morgan fingerprint density at radius 1 is 1.29 bits per heavy atom. The van der Waals surface area contributed by atoms with Crippen molar-refractivity contribution in [3.8, 4) is 0 Å². The van der Waals surface area contributed by atoms with Crippen molar-refractivity contribution in [1.82, 2.24) is 20.2 Å². The Hall–Kier alpha value is -1.20. The SMILES string of the molecule is Cc1nccc(N2CC(N3CCNCC3)C2)n1. The van der Waals surface area contributed by atoms with Crippen LogP contribution in [0.25, 0.3) is 0 Å². The number of aromatic nitrogens is 2. The number of piperazine rings is 1. The summed E-state index contributed by atoms with van der Waals surface area (Å²) in [7, 11) is 0. The van der Waals surface area contributed by atoms with Crippen LogP contribution in [-0.4, -0.2) is 60.2 Å². The lowest BCUT2D eigenvalue weighted by molar-refractivity contribution is 0.147. The second-order valence-corrected chi connectivity index (χ2v) is 4.81. The third kappa shape index (κ3) is 2.25. The first-order valence-electron chi connectivity index (χ1n) is 6.32. The van der Waals surface area contributed by atoms with E-state index in [1.807, 2.05) is 19.2 Å². The molecule has 0 atom stereocenters. The summed E-state index contributed by atoms with van der Waals surface area (Å²) in [5.74, 6) is 1.93. The zero-order valence-electron chi connectivity index (χ0n) is 10.3. The predicted molar refractivity (Wildman–Crippen MR) is 67.2 cm³/mol. The number of nitrogens with zero attached hydrogens (tertiary/aromatic N) is 4. The Morgan fingerprint density at radius 3 is 2.76 bits per heavy atom. The van der Waals surface area contributed by atoms with Gasteiger partial charge in [-0.2, -0.15) is 0 Å². The Labute approximate surface area is 102 Å². The Bertz CT molecular complexity index is 382.